The van der Waals surface area contributed by atoms with Crippen molar-refractivity contribution in [3.8, 4) is 5.75 Å². The van der Waals surface area contributed by atoms with Crippen LogP contribution in [0.1, 0.15) is 71.3 Å². The first-order chi connectivity index (χ1) is 27.7. The van der Waals surface area contributed by atoms with Gasteiger partial charge in [0.15, 0.2) is 11.9 Å². The van der Waals surface area contributed by atoms with Gasteiger partial charge in [-0.15, -0.1) is 0 Å². The van der Waals surface area contributed by atoms with E-state index in [1.165, 1.54) is 31.2 Å². The Hall–Kier alpha value is -6.23. The molecule has 0 aliphatic heterocycles. The van der Waals surface area contributed by atoms with Crippen LogP contribution >= 0.6 is 0 Å². The summed E-state index contributed by atoms with van der Waals surface area (Å²) in [5.41, 5.74) is 38.9. The summed E-state index contributed by atoms with van der Waals surface area (Å²) in [7, 11) is 0. The number of guanidine groups is 2. The molecule has 59 heavy (non-hydrogen) atoms. The number of aliphatic imine (C=N–C) groups is 2. The van der Waals surface area contributed by atoms with E-state index in [0.717, 1.165) is 0 Å². The van der Waals surface area contributed by atoms with E-state index in [4.69, 9.17) is 40.1 Å². The number of phenols is 1. The summed E-state index contributed by atoms with van der Waals surface area (Å²) < 4.78 is 0. The van der Waals surface area contributed by atoms with Crippen LogP contribution in [0.15, 0.2) is 34.3 Å². The Bertz CT molecular complexity index is 1630. The number of aliphatic hydroxyl groups excluding tert-OH is 1. The molecule has 21 N–H and O–H groups in total. The zero-order chi connectivity index (χ0) is 44.8. The maximum Gasteiger partial charge on any atom is 0.243 e. The largest absolute Gasteiger partial charge is 0.508 e. The van der Waals surface area contributed by atoms with Gasteiger partial charge in [0.1, 0.15) is 42.0 Å². The highest BCUT2D eigenvalue weighted by Crippen LogP contribution is 2.14. The number of nitrogens with one attached hydrogen (secondary N) is 5. The molecule has 0 saturated heterocycles. The molecule has 0 radical (unpaired) electrons. The quantitative estimate of drug-likeness (QED) is 0.0224. The van der Waals surface area contributed by atoms with Crippen LogP contribution in [0.2, 0.25) is 0 Å². The Kier molecular flexibility index (Phi) is 22.3. The minimum Gasteiger partial charge on any atom is -0.508 e. The summed E-state index contributed by atoms with van der Waals surface area (Å²) in [6.07, 6.45) is -1.49. The van der Waals surface area contributed by atoms with E-state index in [0.29, 0.717) is 12.0 Å². The summed E-state index contributed by atoms with van der Waals surface area (Å²) in [5.74, 6) is -6.81. The monoisotopic (exact) mass is 834 g/mol. The number of phenolic OH excluding ortho intramolecular Hbond substituents is 1. The van der Waals surface area contributed by atoms with Crippen molar-refractivity contribution in [2.24, 2.45) is 56.0 Å². The first-order valence-electron chi connectivity index (χ1n) is 19.1. The summed E-state index contributed by atoms with van der Waals surface area (Å²) >= 11 is 0. The van der Waals surface area contributed by atoms with Gasteiger partial charge in [0.25, 0.3) is 0 Å². The molecule has 1 rings (SSSR count). The van der Waals surface area contributed by atoms with Gasteiger partial charge in [-0.3, -0.25) is 43.5 Å². The van der Waals surface area contributed by atoms with Crippen molar-refractivity contribution >= 4 is 53.3 Å². The van der Waals surface area contributed by atoms with Crippen molar-refractivity contribution in [3.63, 3.8) is 0 Å². The number of carbonyl (C=O) groups excluding carboxylic acids is 7. The van der Waals surface area contributed by atoms with Gasteiger partial charge in [-0.25, -0.2) is 0 Å². The fourth-order valence-electron chi connectivity index (χ4n) is 5.46. The van der Waals surface area contributed by atoms with Crippen molar-refractivity contribution in [1.82, 2.24) is 26.6 Å². The highest BCUT2D eigenvalue weighted by Gasteiger charge is 2.34. The van der Waals surface area contributed by atoms with Crippen LogP contribution < -0.4 is 66.7 Å². The first kappa shape index (κ1) is 50.8. The summed E-state index contributed by atoms with van der Waals surface area (Å²) in [6, 6.07) is -2.26. The minimum atomic E-state index is -1.51. The van der Waals surface area contributed by atoms with Gasteiger partial charge in [0, 0.05) is 25.9 Å². The number of hydrogen-bond donors (Lipinski definition) is 14. The SMILES string of the molecule is CC[C@H](C)[C@H](NC(=O)[C@H](Cc1ccc(O)cc1)NC(=O)[C@H](CCCN=C(N)N)NC(=O)[C@H](CCC(N)=O)NC(=O)[C@H](CCCN=C(N)N)NC(=O)[C@@H](N)[C@@H](C)O)C(N)=O. The maximum atomic E-state index is 14.0. The van der Waals surface area contributed by atoms with Gasteiger partial charge in [0.2, 0.25) is 41.4 Å². The fourth-order valence-corrected chi connectivity index (χ4v) is 5.46. The zero-order valence-electron chi connectivity index (χ0n) is 33.7. The number of hydrogen-bond acceptors (Lipinski definition) is 12. The lowest BCUT2D eigenvalue weighted by Crippen LogP contribution is -2.60. The molecule has 0 aromatic heterocycles. The molecule has 0 heterocycles. The minimum absolute atomic E-state index is 0.0340. The van der Waals surface area contributed by atoms with E-state index in [-0.39, 0.29) is 81.6 Å². The van der Waals surface area contributed by atoms with Gasteiger partial charge < -0.3 is 76.9 Å². The van der Waals surface area contributed by atoms with Gasteiger partial charge in [0.05, 0.1) is 6.10 Å². The van der Waals surface area contributed by atoms with Crippen LogP contribution in [0.25, 0.3) is 0 Å². The van der Waals surface area contributed by atoms with Crippen molar-refractivity contribution in [3.05, 3.63) is 29.8 Å². The van der Waals surface area contributed by atoms with Crippen LogP contribution in [0.3, 0.4) is 0 Å². The molecule has 0 fully saturated rings. The lowest BCUT2D eigenvalue weighted by atomic mass is 9.97. The van der Waals surface area contributed by atoms with Crippen LogP contribution in [0.4, 0.5) is 0 Å². The molecule has 0 spiro atoms. The lowest BCUT2D eigenvalue weighted by molar-refractivity contribution is -0.135. The van der Waals surface area contributed by atoms with E-state index in [9.17, 15) is 43.8 Å². The van der Waals surface area contributed by atoms with Gasteiger partial charge in [-0.2, -0.15) is 0 Å². The highest BCUT2D eigenvalue weighted by molar-refractivity contribution is 5.97. The Balaban J connectivity index is 3.53. The number of aliphatic hydroxyl groups is 1. The molecule has 0 aliphatic carbocycles. The summed E-state index contributed by atoms with van der Waals surface area (Å²) in [4.78, 5) is 99.9. The number of amides is 7. The molecule has 1 aromatic rings. The predicted octanol–water partition coefficient (Wildman–Crippen LogP) is -5.03. The molecular weight excluding hydrogens is 772 g/mol. The second kappa shape index (κ2) is 25.9. The predicted molar refractivity (Wildman–Crippen MR) is 218 cm³/mol. The van der Waals surface area contributed by atoms with Crippen molar-refractivity contribution < 1.29 is 43.8 Å². The molecule has 0 saturated carbocycles. The molecule has 23 nitrogen and oxygen atoms in total. The molecule has 1 aromatic carbocycles. The van der Waals surface area contributed by atoms with Crippen LogP contribution in [0, 0.1) is 5.92 Å². The Morgan fingerprint density at radius 2 is 1.07 bits per heavy atom. The molecule has 330 valence electrons. The topological polar surface area (TPSA) is 427 Å². The number of aromatic hydroxyl groups is 1. The molecule has 8 atom stereocenters. The smallest absolute Gasteiger partial charge is 0.243 e. The second-order valence-electron chi connectivity index (χ2n) is 14.1. The molecule has 0 unspecified atom stereocenters. The lowest BCUT2D eigenvalue weighted by Gasteiger charge is -2.28. The fraction of sp³-hybridized carbons (Fsp3) is 0.583. The number of benzene rings is 1. The first-order valence-corrected chi connectivity index (χ1v) is 19.1. The zero-order valence-corrected chi connectivity index (χ0v) is 33.7. The second-order valence-corrected chi connectivity index (χ2v) is 14.1. The Labute approximate surface area is 342 Å². The third kappa shape index (κ3) is 19.7. The number of nitrogens with two attached hydrogens (primary N) is 7. The molecule has 0 bridgehead atoms. The summed E-state index contributed by atoms with van der Waals surface area (Å²) in [5, 5.41) is 32.3. The number of primary amides is 2. The maximum absolute atomic E-state index is 14.0. The van der Waals surface area contributed by atoms with Crippen LogP contribution in [-0.2, 0) is 40.0 Å². The van der Waals surface area contributed by atoms with E-state index < -0.39 is 83.7 Å². The number of carbonyl (C=O) groups is 7. The van der Waals surface area contributed by atoms with Gasteiger partial charge >= 0.3 is 0 Å². The van der Waals surface area contributed by atoms with Crippen LogP contribution in [-0.4, -0.2) is 119 Å². The third-order valence-electron chi connectivity index (χ3n) is 9.12. The van der Waals surface area contributed by atoms with Crippen molar-refractivity contribution in [2.45, 2.75) is 114 Å². The summed E-state index contributed by atoms with van der Waals surface area (Å²) in [6.45, 7) is 4.90. The number of rotatable bonds is 27. The van der Waals surface area contributed by atoms with Crippen molar-refractivity contribution in [2.75, 3.05) is 13.1 Å². The average molecular weight is 835 g/mol. The molecule has 23 heteroatoms. The van der Waals surface area contributed by atoms with Gasteiger partial charge in [-0.05, 0) is 62.6 Å². The number of nitrogens with zero attached hydrogens (tertiary/aromatic N) is 2. The third-order valence-corrected chi connectivity index (χ3v) is 9.12. The highest BCUT2D eigenvalue weighted by atomic mass is 16.3. The normalized spacial score (nSPS) is 14.9. The standard InChI is InChI=1S/C36H62N14O9/c1-4-18(2)28(29(39)54)50-33(58)25(17-20-9-11-21(52)12-10-20)49-31(56)22(7-5-15-44-35(40)41)46-32(57)24(13-14-26(37)53)47-30(55)23(8-6-16-45-36(42)43)48-34(59)27(38)19(3)51/h9-12,18-19,22-25,27-28,51-52H,4-8,13-17,38H2,1-3H3,(H2,37,53)(H2,39,54)(H,46,57)(H,47,55)(H,48,59)(H,49,56)(H,50,58)(H4,40,41,44)(H4,42,43,45)/t18-,19+,22-,23-,24-,25-,27-,28-/m0/s1. The van der Waals surface area contributed by atoms with Crippen LogP contribution in [0.5, 0.6) is 5.75 Å². The Morgan fingerprint density at radius 1 is 0.644 bits per heavy atom. The van der Waals surface area contributed by atoms with E-state index in [1.54, 1.807) is 13.8 Å². The van der Waals surface area contributed by atoms with Crippen molar-refractivity contribution in [1.29, 1.82) is 0 Å². The Morgan fingerprint density at radius 3 is 1.47 bits per heavy atom. The average Bonchev–Trinajstić information content (AvgIpc) is 3.16. The molecular formula is C36H62N14O9. The molecule has 7 amide bonds. The van der Waals surface area contributed by atoms with Gasteiger partial charge in [-0.1, -0.05) is 32.4 Å². The molecule has 0 aliphatic rings. The van der Waals surface area contributed by atoms with E-state index in [2.05, 4.69) is 36.6 Å². The van der Waals surface area contributed by atoms with E-state index >= 15 is 0 Å². The van der Waals surface area contributed by atoms with E-state index in [1.807, 2.05) is 0 Å².